The largest absolute Gasteiger partial charge is 0.497 e. The molecule has 0 spiro atoms. The van der Waals surface area contributed by atoms with Gasteiger partial charge >= 0.3 is 0 Å². The molecule has 0 radical (unpaired) electrons. The normalized spacial score (nSPS) is 17.3. The number of methoxy groups -OCH3 is 1. The van der Waals surface area contributed by atoms with Gasteiger partial charge in [0, 0.05) is 17.7 Å². The van der Waals surface area contributed by atoms with Crippen molar-refractivity contribution >= 4 is 11.6 Å². The molecule has 0 aliphatic carbocycles. The summed E-state index contributed by atoms with van der Waals surface area (Å²) < 4.78 is 5.11. The second-order valence-corrected chi connectivity index (χ2v) is 5.23. The van der Waals surface area contributed by atoms with Gasteiger partial charge in [0.15, 0.2) is 5.78 Å². The van der Waals surface area contributed by atoms with Crippen LogP contribution in [-0.2, 0) is 0 Å². The molecule has 22 heavy (non-hydrogen) atoms. The molecule has 0 aromatic heterocycles. The number of hydrogen-bond acceptors (Lipinski definition) is 4. The third kappa shape index (κ3) is 3.01. The van der Waals surface area contributed by atoms with Crippen LogP contribution in [0.1, 0.15) is 15.9 Å². The fourth-order valence-corrected chi connectivity index (χ4v) is 2.50. The van der Waals surface area contributed by atoms with Crippen LogP contribution < -0.4 is 10.1 Å². The number of rotatable bonds is 4. The Kier molecular flexibility index (Phi) is 4.19. The number of Topliss-reactive ketones (excluding diaryl/α,β-unsaturated/α-hetero) is 1. The van der Waals surface area contributed by atoms with Crippen LogP contribution in [0.2, 0.25) is 0 Å². The van der Waals surface area contributed by atoms with Gasteiger partial charge in [-0.2, -0.15) is 0 Å². The Morgan fingerprint density at radius 1 is 1.14 bits per heavy atom. The van der Waals surface area contributed by atoms with Crippen LogP contribution in [0.15, 0.2) is 59.6 Å². The van der Waals surface area contributed by atoms with E-state index in [0.29, 0.717) is 18.7 Å². The lowest BCUT2D eigenvalue weighted by Gasteiger charge is -2.22. The summed E-state index contributed by atoms with van der Waals surface area (Å²) in [5.41, 5.74) is 1.75. The van der Waals surface area contributed by atoms with E-state index < -0.39 is 0 Å². The van der Waals surface area contributed by atoms with Crippen molar-refractivity contribution in [2.24, 2.45) is 10.9 Å². The molecule has 4 nitrogen and oxygen atoms in total. The molecule has 0 saturated carbocycles. The van der Waals surface area contributed by atoms with Crippen LogP contribution in [0.25, 0.3) is 0 Å². The number of aliphatic imine (C=N–C) groups is 1. The highest BCUT2D eigenvalue weighted by molar-refractivity contribution is 6.02. The molecule has 1 aliphatic heterocycles. The van der Waals surface area contributed by atoms with Crippen molar-refractivity contribution in [2.75, 3.05) is 20.2 Å². The SMILES string of the molecule is COc1ccc(C(=O)C2CN=C(c3ccccc3)NC2)cc1. The second kappa shape index (κ2) is 6.43. The summed E-state index contributed by atoms with van der Waals surface area (Å²) in [6, 6.07) is 17.2. The monoisotopic (exact) mass is 294 g/mol. The number of amidine groups is 1. The fraction of sp³-hybridized carbons (Fsp3) is 0.222. The Bertz CT molecular complexity index is 678. The van der Waals surface area contributed by atoms with E-state index >= 15 is 0 Å². The lowest BCUT2D eigenvalue weighted by atomic mass is 9.96. The van der Waals surface area contributed by atoms with Crippen LogP contribution in [0.5, 0.6) is 5.75 Å². The number of carbonyl (C=O) groups is 1. The molecule has 0 amide bonds. The molecule has 112 valence electrons. The predicted molar refractivity (Wildman–Crippen MR) is 86.7 cm³/mol. The van der Waals surface area contributed by atoms with Gasteiger partial charge in [0.25, 0.3) is 0 Å². The van der Waals surface area contributed by atoms with Crippen LogP contribution >= 0.6 is 0 Å². The van der Waals surface area contributed by atoms with Gasteiger partial charge in [-0.1, -0.05) is 30.3 Å². The first-order valence-corrected chi connectivity index (χ1v) is 7.30. The summed E-state index contributed by atoms with van der Waals surface area (Å²) in [5, 5.41) is 3.26. The van der Waals surface area contributed by atoms with Crippen molar-refractivity contribution in [3.8, 4) is 5.75 Å². The number of ketones is 1. The average molecular weight is 294 g/mol. The standard InChI is InChI=1S/C18H18N2O2/c1-22-16-9-7-13(8-10-16)17(21)15-11-19-18(20-12-15)14-5-3-2-4-6-14/h2-10,15H,11-12H2,1H3,(H,19,20). The highest BCUT2D eigenvalue weighted by Gasteiger charge is 2.23. The predicted octanol–water partition coefficient (Wildman–Crippen LogP) is 2.54. The molecule has 2 aromatic rings. The van der Waals surface area contributed by atoms with Gasteiger partial charge in [0.1, 0.15) is 11.6 Å². The number of ether oxygens (including phenoxy) is 1. The maximum atomic E-state index is 12.5. The van der Waals surface area contributed by atoms with Gasteiger partial charge < -0.3 is 10.1 Å². The molecule has 0 saturated heterocycles. The third-order valence-electron chi connectivity index (χ3n) is 3.78. The Hall–Kier alpha value is -2.62. The third-order valence-corrected chi connectivity index (χ3v) is 3.78. The van der Waals surface area contributed by atoms with Crippen LogP contribution in [-0.4, -0.2) is 31.8 Å². The number of benzene rings is 2. The van der Waals surface area contributed by atoms with Crippen LogP contribution in [0.4, 0.5) is 0 Å². The molecule has 0 bridgehead atoms. The van der Waals surface area contributed by atoms with Gasteiger partial charge in [-0.05, 0) is 24.3 Å². The Balaban J connectivity index is 1.70. The molecule has 1 aliphatic rings. The van der Waals surface area contributed by atoms with E-state index in [-0.39, 0.29) is 11.7 Å². The summed E-state index contributed by atoms with van der Waals surface area (Å²) in [6.45, 7) is 1.13. The Morgan fingerprint density at radius 2 is 1.86 bits per heavy atom. The summed E-state index contributed by atoms with van der Waals surface area (Å²) in [6.07, 6.45) is 0. The van der Waals surface area contributed by atoms with Crippen molar-refractivity contribution < 1.29 is 9.53 Å². The molecular formula is C18H18N2O2. The van der Waals surface area contributed by atoms with Crippen molar-refractivity contribution in [2.45, 2.75) is 0 Å². The van der Waals surface area contributed by atoms with Gasteiger partial charge in [-0.15, -0.1) is 0 Å². The van der Waals surface area contributed by atoms with E-state index in [2.05, 4.69) is 10.3 Å². The van der Waals surface area contributed by atoms with E-state index in [1.165, 1.54) is 0 Å². The molecule has 0 fully saturated rings. The van der Waals surface area contributed by atoms with Gasteiger partial charge in [0.05, 0.1) is 19.6 Å². The van der Waals surface area contributed by atoms with Crippen molar-refractivity contribution in [1.82, 2.24) is 5.32 Å². The lowest BCUT2D eigenvalue weighted by Crippen LogP contribution is -2.39. The lowest BCUT2D eigenvalue weighted by molar-refractivity contribution is 0.0924. The minimum absolute atomic E-state index is 0.117. The molecule has 1 heterocycles. The van der Waals surface area contributed by atoms with Crippen molar-refractivity contribution in [1.29, 1.82) is 0 Å². The number of carbonyl (C=O) groups excluding carboxylic acids is 1. The number of nitrogens with zero attached hydrogens (tertiary/aromatic N) is 1. The summed E-state index contributed by atoms with van der Waals surface area (Å²) in [5.74, 6) is 1.61. The quantitative estimate of drug-likeness (QED) is 0.882. The minimum atomic E-state index is -0.124. The summed E-state index contributed by atoms with van der Waals surface area (Å²) >= 11 is 0. The van der Waals surface area contributed by atoms with E-state index in [4.69, 9.17) is 4.74 Å². The van der Waals surface area contributed by atoms with Gasteiger partial charge in [-0.25, -0.2) is 0 Å². The van der Waals surface area contributed by atoms with Crippen LogP contribution in [0.3, 0.4) is 0 Å². The average Bonchev–Trinajstić information content (AvgIpc) is 2.62. The first-order valence-electron chi connectivity index (χ1n) is 7.30. The minimum Gasteiger partial charge on any atom is -0.497 e. The second-order valence-electron chi connectivity index (χ2n) is 5.23. The zero-order valence-electron chi connectivity index (χ0n) is 12.5. The maximum Gasteiger partial charge on any atom is 0.169 e. The van der Waals surface area contributed by atoms with E-state index in [1.54, 1.807) is 19.2 Å². The molecule has 4 heteroatoms. The maximum absolute atomic E-state index is 12.5. The Morgan fingerprint density at radius 3 is 2.45 bits per heavy atom. The molecule has 2 aromatic carbocycles. The zero-order valence-corrected chi connectivity index (χ0v) is 12.5. The Labute approximate surface area is 129 Å². The van der Waals surface area contributed by atoms with Crippen molar-refractivity contribution in [3.05, 3.63) is 65.7 Å². The molecule has 1 unspecified atom stereocenters. The smallest absolute Gasteiger partial charge is 0.169 e. The zero-order chi connectivity index (χ0) is 15.4. The molecule has 1 atom stereocenters. The topological polar surface area (TPSA) is 50.7 Å². The van der Waals surface area contributed by atoms with Gasteiger partial charge in [-0.3, -0.25) is 9.79 Å². The molecule has 1 N–H and O–H groups in total. The molecular weight excluding hydrogens is 276 g/mol. The first-order chi connectivity index (χ1) is 10.8. The van der Waals surface area contributed by atoms with E-state index in [1.807, 2.05) is 42.5 Å². The summed E-state index contributed by atoms with van der Waals surface area (Å²) in [4.78, 5) is 17.0. The highest BCUT2D eigenvalue weighted by Crippen LogP contribution is 2.17. The van der Waals surface area contributed by atoms with Crippen molar-refractivity contribution in [3.63, 3.8) is 0 Å². The summed E-state index contributed by atoms with van der Waals surface area (Å²) in [7, 11) is 1.61. The fourth-order valence-electron chi connectivity index (χ4n) is 2.50. The molecule has 3 rings (SSSR count). The van der Waals surface area contributed by atoms with E-state index in [0.717, 1.165) is 17.1 Å². The van der Waals surface area contributed by atoms with Crippen LogP contribution in [0, 0.1) is 5.92 Å². The van der Waals surface area contributed by atoms with Gasteiger partial charge in [0.2, 0.25) is 0 Å². The van der Waals surface area contributed by atoms with E-state index in [9.17, 15) is 4.79 Å². The number of hydrogen-bond donors (Lipinski definition) is 1. The first kappa shape index (κ1) is 14.3. The number of nitrogens with one attached hydrogen (secondary N) is 1. The highest BCUT2D eigenvalue weighted by atomic mass is 16.5.